The van der Waals surface area contributed by atoms with Crippen molar-refractivity contribution in [3.63, 3.8) is 0 Å². The highest BCUT2D eigenvalue weighted by Gasteiger charge is 2.47. The van der Waals surface area contributed by atoms with Gasteiger partial charge in [0.15, 0.2) is 6.10 Å². The molecule has 2 atom stereocenters. The number of benzene rings is 1. The Labute approximate surface area is 142 Å². The molecule has 0 aromatic heterocycles. The first-order valence-electron chi connectivity index (χ1n) is 7.16. The predicted molar refractivity (Wildman–Crippen MR) is 86.4 cm³/mol. The number of rotatable bonds is 5. The summed E-state index contributed by atoms with van der Waals surface area (Å²) in [6.07, 6.45) is -0.452. The fraction of sp³-hybridized carbons (Fsp3) is 0.400. The Bertz CT molecular complexity index is 651. The standard InChI is InChI=1S/C15H18BrN3O4/c1-4-15(3)13(21)19(14(22)17-15)18-12(20)9(2)23-11-7-5-6-10(16)8-11/h5-9H,4H2,1-3H3,(H,17,22)(H,18,20). The topological polar surface area (TPSA) is 87.7 Å². The lowest BCUT2D eigenvalue weighted by Gasteiger charge is -2.21. The number of imide groups is 1. The van der Waals surface area contributed by atoms with E-state index in [9.17, 15) is 14.4 Å². The lowest BCUT2D eigenvalue weighted by atomic mass is 10.00. The van der Waals surface area contributed by atoms with Crippen LogP contribution in [0, 0.1) is 0 Å². The molecule has 0 bridgehead atoms. The average Bonchev–Trinajstić information content (AvgIpc) is 2.71. The van der Waals surface area contributed by atoms with Crippen LogP contribution in [-0.2, 0) is 9.59 Å². The smallest absolute Gasteiger partial charge is 0.344 e. The molecule has 2 unspecified atom stereocenters. The normalized spacial score (nSPS) is 21.8. The van der Waals surface area contributed by atoms with E-state index in [-0.39, 0.29) is 0 Å². The van der Waals surface area contributed by atoms with Gasteiger partial charge in [0, 0.05) is 4.47 Å². The van der Waals surface area contributed by atoms with E-state index in [1.807, 2.05) is 6.07 Å². The number of halogens is 1. The molecule has 0 radical (unpaired) electrons. The molecule has 1 aliphatic rings. The summed E-state index contributed by atoms with van der Waals surface area (Å²) in [5, 5.41) is 3.26. The zero-order chi connectivity index (χ0) is 17.2. The third-order valence-corrected chi connectivity index (χ3v) is 4.16. The van der Waals surface area contributed by atoms with Crippen molar-refractivity contribution in [3.8, 4) is 5.75 Å². The highest BCUT2D eigenvalue weighted by molar-refractivity contribution is 9.10. The van der Waals surface area contributed by atoms with Crippen molar-refractivity contribution >= 4 is 33.8 Å². The third-order valence-electron chi connectivity index (χ3n) is 3.67. The first-order chi connectivity index (χ1) is 10.8. The molecule has 2 N–H and O–H groups in total. The molecule has 1 heterocycles. The minimum atomic E-state index is -1.00. The lowest BCUT2D eigenvalue weighted by molar-refractivity contribution is -0.141. The zero-order valence-electron chi connectivity index (χ0n) is 13.1. The zero-order valence-corrected chi connectivity index (χ0v) is 14.6. The summed E-state index contributed by atoms with van der Waals surface area (Å²) < 4.78 is 6.32. The number of amides is 4. The Morgan fingerprint density at radius 2 is 2.17 bits per heavy atom. The highest BCUT2D eigenvalue weighted by Crippen LogP contribution is 2.20. The molecule has 124 valence electrons. The number of hydrogen-bond donors (Lipinski definition) is 2. The number of nitrogens with one attached hydrogen (secondary N) is 2. The van der Waals surface area contributed by atoms with Gasteiger partial charge >= 0.3 is 6.03 Å². The first-order valence-corrected chi connectivity index (χ1v) is 7.95. The summed E-state index contributed by atoms with van der Waals surface area (Å²) >= 11 is 3.31. The molecule has 1 aliphatic heterocycles. The van der Waals surface area contributed by atoms with E-state index in [2.05, 4.69) is 26.7 Å². The quantitative estimate of drug-likeness (QED) is 0.760. The molecule has 0 spiro atoms. The van der Waals surface area contributed by atoms with E-state index in [1.165, 1.54) is 6.92 Å². The summed E-state index contributed by atoms with van der Waals surface area (Å²) in [6.45, 7) is 4.93. The van der Waals surface area contributed by atoms with Crippen LogP contribution in [0.1, 0.15) is 27.2 Å². The first kappa shape index (κ1) is 17.3. The molecular formula is C15H18BrN3O4. The van der Waals surface area contributed by atoms with Crippen LogP contribution in [-0.4, -0.2) is 34.5 Å². The van der Waals surface area contributed by atoms with Crippen LogP contribution >= 0.6 is 15.9 Å². The maximum Gasteiger partial charge on any atom is 0.344 e. The van der Waals surface area contributed by atoms with E-state index >= 15 is 0 Å². The van der Waals surface area contributed by atoms with Crippen molar-refractivity contribution in [2.75, 3.05) is 0 Å². The van der Waals surface area contributed by atoms with Crippen LogP contribution in [0.15, 0.2) is 28.7 Å². The molecule has 7 nitrogen and oxygen atoms in total. The second-order valence-electron chi connectivity index (χ2n) is 5.45. The number of ether oxygens (including phenoxy) is 1. The fourth-order valence-electron chi connectivity index (χ4n) is 2.02. The second-order valence-corrected chi connectivity index (χ2v) is 6.37. The molecular weight excluding hydrogens is 366 g/mol. The van der Waals surface area contributed by atoms with Crippen molar-refractivity contribution < 1.29 is 19.1 Å². The number of urea groups is 1. The van der Waals surface area contributed by atoms with Gasteiger partial charge in [0.25, 0.3) is 11.8 Å². The largest absolute Gasteiger partial charge is 0.481 e. The monoisotopic (exact) mass is 383 g/mol. The minimum Gasteiger partial charge on any atom is -0.481 e. The Morgan fingerprint density at radius 1 is 1.48 bits per heavy atom. The molecule has 2 rings (SSSR count). The maximum atomic E-state index is 12.2. The molecule has 8 heteroatoms. The summed E-state index contributed by atoms with van der Waals surface area (Å²) in [5.74, 6) is -0.584. The maximum absolute atomic E-state index is 12.2. The highest BCUT2D eigenvalue weighted by atomic mass is 79.9. The van der Waals surface area contributed by atoms with E-state index in [4.69, 9.17) is 4.74 Å². The van der Waals surface area contributed by atoms with Gasteiger partial charge in [0.2, 0.25) is 0 Å². The molecule has 1 fully saturated rings. The predicted octanol–water partition coefficient (Wildman–Crippen LogP) is 1.97. The van der Waals surface area contributed by atoms with Crippen molar-refractivity contribution in [1.82, 2.24) is 15.8 Å². The van der Waals surface area contributed by atoms with Gasteiger partial charge in [-0.2, -0.15) is 5.01 Å². The van der Waals surface area contributed by atoms with Crippen LogP contribution in [0.2, 0.25) is 0 Å². The summed E-state index contributed by atoms with van der Waals surface area (Å²) in [6, 6.07) is 6.37. The van der Waals surface area contributed by atoms with Crippen LogP contribution in [0.25, 0.3) is 0 Å². The van der Waals surface area contributed by atoms with E-state index in [0.29, 0.717) is 17.2 Å². The Hall–Kier alpha value is -2.09. The van der Waals surface area contributed by atoms with Gasteiger partial charge in [-0.3, -0.25) is 15.0 Å². The van der Waals surface area contributed by atoms with Gasteiger partial charge in [0.05, 0.1) is 0 Å². The second kappa shape index (κ2) is 6.57. The molecule has 1 saturated heterocycles. The third kappa shape index (κ3) is 3.64. The Balaban J connectivity index is 2.01. The van der Waals surface area contributed by atoms with Gasteiger partial charge in [0.1, 0.15) is 11.3 Å². The van der Waals surface area contributed by atoms with E-state index < -0.39 is 29.5 Å². The van der Waals surface area contributed by atoms with Gasteiger partial charge in [-0.1, -0.05) is 28.9 Å². The fourth-order valence-corrected chi connectivity index (χ4v) is 2.40. The molecule has 0 aliphatic carbocycles. The van der Waals surface area contributed by atoms with Crippen LogP contribution in [0.5, 0.6) is 5.75 Å². The average molecular weight is 384 g/mol. The van der Waals surface area contributed by atoms with Crippen molar-refractivity contribution in [3.05, 3.63) is 28.7 Å². The number of carbonyl (C=O) groups excluding carboxylic acids is 3. The molecule has 0 saturated carbocycles. The summed E-state index contributed by atoms with van der Waals surface area (Å²) in [7, 11) is 0. The van der Waals surface area contributed by atoms with E-state index in [0.717, 1.165) is 4.47 Å². The van der Waals surface area contributed by atoms with Crippen LogP contribution < -0.4 is 15.5 Å². The van der Waals surface area contributed by atoms with Crippen molar-refractivity contribution in [1.29, 1.82) is 0 Å². The number of hydrogen-bond acceptors (Lipinski definition) is 4. The molecule has 1 aromatic rings. The van der Waals surface area contributed by atoms with Crippen LogP contribution in [0.3, 0.4) is 0 Å². The van der Waals surface area contributed by atoms with Gasteiger partial charge in [-0.05, 0) is 38.5 Å². The van der Waals surface area contributed by atoms with Gasteiger partial charge < -0.3 is 10.1 Å². The van der Waals surface area contributed by atoms with Crippen molar-refractivity contribution in [2.24, 2.45) is 0 Å². The number of carbonyl (C=O) groups is 3. The van der Waals surface area contributed by atoms with E-state index in [1.54, 1.807) is 32.0 Å². The summed E-state index contributed by atoms with van der Waals surface area (Å²) in [5.41, 5.74) is 1.30. The minimum absolute atomic E-state index is 0.425. The molecule has 4 amide bonds. The molecule has 1 aromatic carbocycles. The van der Waals surface area contributed by atoms with Crippen molar-refractivity contribution in [2.45, 2.75) is 38.8 Å². The van der Waals surface area contributed by atoms with Gasteiger partial charge in [-0.15, -0.1) is 0 Å². The summed E-state index contributed by atoms with van der Waals surface area (Å²) in [4.78, 5) is 36.2. The SMILES string of the molecule is CCC1(C)NC(=O)N(NC(=O)C(C)Oc2cccc(Br)c2)C1=O. The Kier molecular flexibility index (Phi) is 4.93. The Morgan fingerprint density at radius 3 is 2.74 bits per heavy atom. The number of nitrogens with zero attached hydrogens (tertiary/aromatic N) is 1. The number of hydrazine groups is 1. The molecule has 23 heavy (non-hydrogen) atoms. The van der Waals surface area contributed by atoms with Gasteiger partial charge in [-0.25, -0.2) is 4.79 Å². The lowest BCUT2D eigenvalue weighted by Crippen LogP contribution is -2.51. The van der Waals surface area contributed by atoms with Crippen LogP contribution in [0.4, 0.5) is 4.79 Å².